The molecule has 17 heavy (non-hydrogen) atoms. The largest absolute Gasteiger partial charge is 0.321 e. The highest BCUT2D eigenvalue weighted by atomic mass is 32.2. The van der Waals surface area contributed by atoms with Crippen molar-refractivity contribution in [2.24, 2.45) is 0 Å². The molecular formula is C11H11N3O2S. The molecule has 1 heterocycles. The maximum absolute atomic E-state index is 11.7. The number of hydrogen-bond acceptors (Lipinski definition) is 3. The number of rotatable bonds is 3. The van der Waals surface area contributed by atoms with Crippen molar-refractivity contribution in [3.8, 4) is 0 Å². The van der Waals surface area contributed by atoms with Crippen molar-refractivity contribution in [3.63, 3.8) is 0 Å². The zero-order chi connectivity index (χ0) is 12.3. The molecule has 0 saturated carbocycles. The normalized spacial score (nSPS) is 10.2. The van der Waals surface area contributed by atoms with Crippen LogP contribution in [-0.4, -0.2) is 22.4 Å². The van der Waals surface area contributed by atoms with Gasteiger partial charge in [-0.1, -0.05) is 6.07 Å². The molecule has 0 aliphatic heterocycles. The fourth-order valence-corrected chi connectivity index (χ4v) is 1.81. The van der Waals surface area contributed by atoms with Gasteiger partial charge in [0.25, 0.3) is 11.5 Å². The van der Waals surface area contributed by atoms with Gasteiger partial charge in [-0.05, 0) is 24.5 Å². The van der Waals surface area contributed by atoms with Crippen LogP contribution >= 0.6 is 11.8 Å². The van der Waals surface area contributed by atoms with Gasteiger partial charge in [-0.3, -0.25) is 19.8 Å². The lowest BCUT2D eigenvalue weighted by Crippen LogP contribution is -2.12. The van der Waals surface area contributed by atoms with Crippen LogP contribution < -0.4 is 10.9 Å². The van der Waals surface area contributed by atoms with Crippen molar-refractivity contribution in [1.82, 2.24) is 10.2 Å². The van der Waals surface area contributed by atoms with E-state index in [9.17, 15) is 9.59 Å². The summed E-state index contributed by atoms with van der Waals surface area (Å²) in [6, 6.07) is 8.70. The number of hydrogen-bond donors (Lipinski definition) is 3. The van der Waals surface area contributed by atoms with E-state index in [-0.39, 0.29) is 17.2 Å². The summed E-state index contributed by atoms with van der Waals surface area (Å²) in [5.74, 6) is -0.346. The molecule has 3 N–H and O–H groups in total. The van der Waals surface area contributed by atoms with Gasteiger partial charge in [0.15, 0.2) is 0 Å². The van der Waals surface area contributed by atoms with Crippen molar-refractivity contribution in [2.75, 3.05) is 11.6 Å². The fourth-order valence-electron chi connectivity index (χ4n) is 1.35. The van der Waals surface area contributed by atoms with Crippen LogP contribution in [0.3, 0.4) is 0 Å². The van der Waals surface area contributed by atoms with Crippen molar-refractivity contribution < 1.29 is 4.79 Å². The molecule has 88 valence electrons. The number of thioether (sulfide) groups is 1. The van der Waals surface area contributed by atoms with Gasteiger partial charge in [-0.25, -0.2) is 0 Å². The standard InChI is InChI=1S/C11H11N3O2S/c1-17-8-4-2-3-7(5-8)12-11(16)9-6-10(15)14-13-9/h2-6H,1H3,(H,12,16)(H2,13,14,15). The second-order valence-corrected chi connectivity index (χ2v) is 4.24. The number of benzene rings is 1. The van der Waals surface area contributed by atoms with Crippen molar-refractivity contribution in [3.05, 3.63) is 46.4 Å². The second kappa shape index (κ2) is 4.92. The molecule has 0 radical (unpaired) electrons. The number of aromatic nitrogens is 2. The molecule has 0 aliphatic carbocycles. The monoisotopic (exact) mass is 249 g/mol. The minimum atomic E-state index is -0.346. The second-order valence-electron chi connectivity index (χ2n) is 3.36. The first-order valence-corrected chi connectivity index (χ1v) is 6.14. The number of carbonyl (C=O) groups is 1. The highest BCUT2D eigenvalue weighted by Gasteiger charge is 2.08. The average Bonchev–Trinajstić information content (AvgIpc) is 2.76. The smallest absolute Gasteiger partial charge is 0.273 e. The molecule has 0 aliphatic rings. The minimum absolute atomic E-state index is 0.213. The Hall–Kier alpha value is -1.95. The number of amides is 1. The van der Waals surface area contributed by atoms with Crippen LogP contribution in [0.15, 0.2) is 40.0 Å². The zero-order valence-corrected chi connectivity index (χ0v) is 9.93. The summed E-state index contributed by atoms with van der Waals surface area (Å²) in [5, 5.41) is 7.52. The fraction of sp³-hybridized carbons (Fsp3) is 0.0909. The van der Waals surface area contributed by atoms with Crippen LogP contribution in [0.4, 0.5) is 5.69 Å². The molecule has 0 spiro atoms. The van der Waals surface area contributed by atoms with Gasteiger partial charge < -0.3 is 5.32 Å². The third-order valence-electron chi connectivity index (χ3n) is 2.17. The van der Waals surface area contributed by atoms with Crippen LogP contribution in [0.1, 0.15) is 10.5 Å². The van der Waals surface area contributed by atoms with Crippen LogP contribution in [-0.2, 0) is 0 Å². The van der Waals surface area contributed by atoms with Crippen molar-refractivity contribution in [1.29, 1.82) is 0 Å². The Morgan fingerprint density at radius 2 is 2.12 bits per heavy atom. The van der Waals surface area contributed by atoms with Gasteiger partial charge in [0, 0.05) is 16.6 Å². The highest BCUT2D eigenvalue weighted by Crippen LogP contribution is 2.19. The van der Waals surface area contributed by atoms with Gasteiger partial charge in [-0.15, -0.1) is 11.8 Å². The Kier molecular flexibility index (Phi) is 3.34. The number of aromatic amines is 2. The number of nitrogens with one attached hydrogen (secondary N) is 3. The summed E-state index contributed by atoms with van der Waals surface area (Å²) >= 11 is 1.59. The Bertz CT molecular complexity index is 588. The lowest BCUT2D eigenvalue weighted by atomic mass is 10.3. The van der Waals surface area contributed by atoms with E-state index in [0.717, 1.165) is 4.90 Å². The van der Waals surface area contributed by atoms with Gasteiger partial charge in [0.05, 0.1) is 0 Å². The average molecular weight is 249 g/mol. The SMILES string of the molecule is CSc1cccc(NC(=O)c2cc(=O)[nH][nH]2)c1. The first-order valence-electron chi connectivity index (χ1n) is 4.92. The van der Waals surface area contributed by atoms with Crippen LogP contribution in [0.25, 0.3) is 0 Å². The summed E-state index contributed by atoms with van der Waals surface area (Å²) in [6.45, 7) is 0. The van der Waals surface area contributed by atoms with E-state index >= 15 is 0 Å². The molecular weight excluding hydrogens is 238 g/mol. The molecule has 1 aromatic carbocycles. The third kappa shape index (κ3) is 2.79. The van der Waals surface area contributed by atoms with Crippen LogP contribution in [0.5, 0.6) is 0 Å². The molecule has 0 atom stereocenters. The van der Waals surface area contributed by atoms with Crippen LogP contribution in [0, 0.1) is 0 Å². The van der Waals surface area contributed by atoms with Gasteiger partial charge in [-0.2, -0.15) is 0 Å². The molecule has 0 bridgehead atoms. The summed E-state index contributed by atoms with van der Waals surface area (Å²) in [7, 11) is 0. The van der Waals surface area contributed by atoms with Gasteiger partial charge in [0.1, 0.15) is 5.69 Å². The number of carbonyl (C=O) groups excluding carboxylic acids is 1. The lowest BCUT2D eigenvalue weighted by Gasteiger charge is -2.04. The van der Waals surface area contributed by atoms with E-state index in [1.165, 1.54) is 6.07 Å². The Labute approximate surface area is 102 Å². The predicted octanol–water partition coefficient (Wildman–Crippen LogP) is 1.68. The molecule has 2 rings (SSSR count). The number of anilines is 1. The van der Waals surface area contributed by atoms with Gasteiger partial charge in [0.2, 0.25) is 0 Å². The Morgan fingerprint density at radius 3 is 2.76 bits per heavy atom. The first-order chi connectivity index (χ1) is 8.19. The number of H-pyrrole nitrogens is 2. The molecule has 1 amide bonds. The first kappa shape index (κ1) is 11.5. The molecule has 0 unspecified atom stereocenters. The van der Waals surface area contributed by atoms with E-state index in [4.69, 9.17) is 0 Å². The van der Waals surface area contributed by atoms with E-state index in [0.29, 0.717) is 5.69 Å². The van der Waals surface area contributed by atoms with E-state index in [2.05, 4.69) is 15.5 Å². The van der Waals surface area contributed by atoms with Gasteiger partial charge >= 0.3 is 0 Å². The topological polar surface area (TPSA) is 77.8 Å². The maximum Gasteiger partial charge on any atom is 0.273 e. The van der Waals surface area contributed by atoms with Crippen molar-refractivity contribution in [2.45, 2.75) is 4.90 Å². The van der Waals surface area contributed by atoms with E-state index in [1.807, 2.05) is 24.5 Å². The van der Waals surface area contributed by atoms with Crippen molar-refractivity contribution >= 4 is 23.4 Å². The Morgan fingerprint density at radius 1 is 1.29 bits per heavy atom. The molecule has 0 fully saturated rings. The summed E-state index contributed by atoms with van der Waals surface area (Å²) in [5.41, 5.74) is 0.585. The summed E-state index contributed by atoms with van der Waals surface area (Å²) < 4.78 is 0. The summed E-state index contributed by atoms with van der Waals surface area (Å²) in [4.78, 5) is 23.7. The summed E-state index contributed by atoms with van der Waals surface area (Å²) in [6.07, 6.45) is 1.96. The molecule has 1 aromatic heterocycles. The molecule has 5 nitrogen and oxygen atoms in total. The quantitative estimate of drug-likeness (QED) is 0.724. The third-order valence-corrected chi connectivity index (χ3v) is 2.89. The van der Waals surface area contributed by atoms with Crippen LogP contribution in [0.2, 0.25) is 0 Å². The predicted molar refractivity (Wildman–Crippen MR) is 67.6 cm³/mol. The lowest BCUT2D eigenvalue weighted by molar-refractivity contribution is 0.102. The molecule has 2 aromatic rings. The minimum Gasteiger partial charge on any atom is -0.321 e. The maximum atomic E-state index is 11.7. The molecule has 0 saturated heterocycles. The zero-order valence-electron chi connectivity index (χ0n) is 9.11. The highest BCUT2D eigenvalue weighted by molar-refractivity contribution is 7.98. The molecule has 6 heteroatoms. The Balaban J connectivity index is 2.15. The van der Waals surface area contributed by atoms with E-state index < -0.39 is 0 Å². The van der Waals surface area contributed by atoms with E-state index in [1.54, 1.807) is 17.8 Å².